The molecule has 218 valence electrons. The third kappa shape index (κ3) is 5.41. The van der Waals surface area contributed by atoms with Gasteiger partial charge in [-0.05, 0) is 85.4 Å². The molecule has 4 aliphatic rings. The largest absolute Gasteiger partial charge is 0.491 e. The molecule has 0 radical (unpaired) electrons. The molecule has 2 aromatic carbocycles. The molecule has 6 rings (SSSR count). The summed E-state index contributed by atoms with van der Waals surface area (Å²) in [6.45, 7) is 3.64. The van der Waals surface area contributed by atoms with E-state index in [0.29, 0.717) is 53.9 Å². The number of nitrogens with one attached hydrogen (secondary N) is 1. The summed E-state index contributed by atoms with van der Waals surface area (Å²) in [6, 6.07) is 11.2. The highest BCUT2D eigenvalue weighted by Gasteiger charge is 2.39. The van der Waals surface area contributed by atoms with Gasteiger partial charge in [0.1, 0.15) is 23.4 Å². The van der Waals surface area contributed by atoms with E-state index in [9.17, 15) is 19.2 Å². The predicted molar refractivity (Wildman–Crippen MR) is 159 cm³/mol. The molecule has 4 heterocycles. The average molecular weight is 588 g/mol. The number of carbonyl (C=O) groups is 4. The minimum Gasteiger partial charge on any atom is -0.491 e. The van der Waals surface area contributed by atoms with Gasteiger partial charge in [-0.25, -0.2) is 0 Å². The number of piperidine rings is 2. The molecule has 2 fully saturated rings. The Morgan fingerprint density at radius 1 is 1.00 bits per heavy atom. The Labute approximate surface area is 249 Å². The van der Waals surface area contributed by atoms with Crippen LogP contribution in [-0.2, 0) is 22.7 Å². The summed E-state index contributed by atoms with van der Waals surface area (Å²) in [5, 5.41) is 2.36. The maximum absolute atomic E-state index is 13.3. The van der Waals surface area contributed by atoms with E-state index in [2.05, 4.69) is 16.3 Å². The average Bonchev–Trinajstić information content (AvgIpc) is 3.21. The van der Waals surface area contributed by atoms with Crippen LogP contribution in [0.25, 0.3) is 0 Å². The lowest BCUT2D eigenvalue weighted by Crippen LogP contribution is -2.52. The van der Waals surface area contributed by atoms with E-state index < -0.39 is 11.9 Å². The molecule has 11 heteroatoms. The van der Waals surface area contributed by atoms with Crippen LogP contribution >= 0.6 is 12.2 Å². The Balaban J connectivity index is 1.08. The van der Waals surface area contributed by atoms with Crippen molar-refractivity contribution < 1.29 is 23.9 Å². The molecular weight excluding hydrogens is 554 g/mol. The van der Waals surface area contributed by atoms with Crippen LogP contribution in [-0.4, -0.2) is 75.6 Å². The fourth-order valence-corrected chi connectivity index (χ4v) is 6.63. The van der Waals surface area contributed by atoms with Gasteiger partial charge in [-0.1, -0.05) is 30.4 Å². The van der Waals surface area contributed by atoms with Crippen LogP contribution in [0.5, 0.6) is 5.75 Å². The number of thiocarbonyl (C=S) groups is 1. The number of hydrogen-bond donors (Lipinski definition) is 2. The Morgan fingerprint density at radius 3 is 2.57 bits per heavy atom. The first-order valence-corrected chi connectivity index (χ1v) is 14.7. The Hall–Kier alpha value is -4.09. The molecular formula is C31H33N5O5S. The van der Waals surface area contributed by atoms with Gasteiger partial charge in [0.2, 0.25) is 11.8 Å². The highest BCUT2D eigenvalue weighted by Crippen LogP contribution is 2.34. The normalized spacial score (nSPS) is 21.7. The number of hydrogen-bond acceptors (Lipinski definition) is 8. The number of fused-ring (bicyclic) bond motifs is 2. The molecule has 0 aromatic heterocycles. The molecule has 10 nitrogen and oxygen atoms in total. The Morgan fingerprint density at radius 2 is 1.81 bits per heavy atom. The molecule has 0 saturated carbocycles. The molecule has 0 bridgehead atoms. The van der Waals surface area contributed by atoms with Crippen molar-refractivity contribution in [1.82, 2.24) is 20.0 Å². The van der Waals surface area contributed by atoms with Gasteiger partial charge in [-0.3, -0.25) is 34.3 Å². The molecule has 1 atom stereocenters. The number of imide groups is 1. The highest BCUT2D eigenvalue weighted by atomic mass is 32.1. The van der Waals surface area contributed by atoms with Gasteiger partial charge in [-0.15, -0.1) is 0 Å². The van der Waals surface area contributed by atoms with Gasteiger partial charge in [0.05, 0.1) is 12.1 Å². The first kappa shape index (κ1) is 28.0. The van der Waals surface area contributed by atoms with Crippen molar-refractivity contribution in [3.05, 3.63) is 76.5 Å². The number of amides is 4. The van der Waals surface area contributed by atoms with E-state index in [4.69, 9.17) is 22.7 Å². The summed E-state index contributed by atoms with van der Waals surface area (Å²) >= 11 is 5.36. The van der Waals surface area contributed by atoms with E-state index >= 15 is 0 Å². The number of likely N-dealkylation sites (tertiary alicyclic amines) is 1. The summed E-state index contributed by atoms with van der Waals surface area (Å²) in [5.41, 5.74) is 9.82. The van der Waals surface area contributed by atoms with E-state index in [1.54, 1.807) is 11.0 Å². The van der Waals surface area contributed by atoms with Crippen molar-refractivity contribution in [2.75, 3.05) is 26.2 Å². The number of nitrogens with zero attached hydrogens (tertiary/aromatic N) is 3. The summed E-state index contributed by atoms with van der Waals surface area (Å²) in [7, 11) is 0. The summed E-state index contributed by atoms with van der Waals surface area (Å²) in [4.78, 5) is 56.1. The molecule has 0 aliphatic carbocycles. The quantitative estimate of drug-likeness (QED) is 0.311. The van der Waals surface area contributed by atoms with Crippen molar-refractivity contribution in [1.29, 1.82) is 0 Å². The molecule has 42 heavy (non-hydrogen) atoms. The van der Waals surface area contributed by atoms with Crippen molar-refractivity contribution in [3.63, 3.8) is 0 Å². The van der Waals surface area contributed by atoms with Crippen molar-refractivity contribution in [3.8, 4) is 5.75 Å². The minimum absolute atomic E-state index is 0.147. The standard InChI is InChI=1S/C31H33N5O5S/c32-10-7-28(42)35-13-14-41-26-5-1-19(15-24(26)31(35)40)17-34-11-8-20(9-12-34)21-2-3-23-22(16-21)18-36(30(23)39)25-4-6-27(37)33-29(25)38/h1-3,5,7,10,15-16,20,25H,4,6,8-9,11-14,17-18,32H2,(H,33,37,38). The zero-order chi connectivity index (χ0) is 29.4. The van der Waals surface area contributed by atoms with Gasteiger partial charge < -0.3 is 15.4 Å². The van der Waals surface area contributed by atoms with Crippen LogP contribution in [0.3, 0.4) is 0 Å². The van der Waals surface area contributed by atoms with Crippen LogP contribution in [0.4, 0.5) is 0 Å². The zero-order valence-corrected chi connectivity index (χ0v) is 24.0. The Bertz CT molecular complexity index is 1500. The van der Waals surface area contributed by atoms with E-state index in [1.165, 1.54) is 16.7 Å². The van der Waals surface area contributed by atoms with E-state index in [0.717, 1.165) is 43.6 Å². The number of benzene rings is 2. The molecule has 2 aromatic rings. The molecule has 1 unspecified atom stereocenters. The van der Waals surface area contributed by atoms with Crippen molar-refractivity contribution in [2.24, 2.45) is 5.73 Å². The molecule has 0 spiro atoms. The smallest absolute Gasteiger partial charge is 0.262 e. The second kappa shape index (κ2) is 11.7. The highest BCUT2D eigenvalue weighted by molar-refractivity contribution is 7.80. The maximum Gasteiger partial charge on any atom is 0.262 e. The number of nitrogens with two attached hydrogens (primary N) is 1. The first-order valence-electron chi connectivity index (χ1n) is 14.3. The van der Waals surface area contributed by atoms with Crippen molar-refractivity contribution >= 4 is 40.8 Å². The van der Waals surface area contributed by atoms with Gasteiger partial charge in [0, 0.05) is 25.1 Å². The van der Waals surface area contributed by atoms with Gasteiger partial charge in [-0.2, -0.15) is 0 Å². The number of carbonyl (C=O) groups excluding carboxylic acids is 4. The summed E-state index contributed by atoms with van der Waals surface area (Å²) in [5.74, 6) is -0.0697. The second-order valence-electron chi connectivity index (χ2n) is 11.2. The fourth-order valence-electron chi connectivity index (χ4n) is 6.38. The number of ether oxygens (including phenoxy) is 1. The van der Waals surface area contributed by atoms with E-state index in [1.807, 2.05) is 30.3 Å². The minimum atomic E-state index is -0.605. The second-order valence-corrected chi connectivity index (χ2v) is 11.6. The predicted octanol–water partition coefficient (Wildman–Crippen LogP) is 2.46. The molecule has 4 aliphatic heterocycles. The monoisotopic (exact) mass is 587 g/mol. The van der Waals surface area contributed by atoms with Crippen LogP contribution in [0.15, 0.2) is 48.7 Å². The van der Waals surface area contributed by atoms with Gasteiger partial charge >= 0.3 is 0 Å². The van der Waals surface area contributed by atoms with Gasteiger partial charge in [0.25, 0.3) is 11.8 Å². The maximum atomic E-state index is 13.3. The third-order valence-electron chi connectivity index (χ3n) is 8.61. The van der Waals surface area contributed by atoms with Crippen molar-refractivity contribution in [2.45, 2.75) is 50.7 Å². The first-order chi connectivity index (χ1) is 20.3. The van der Waals surface area contributed by atoms with Crippen LogP contribution < -0.4 is 15.8 Å². The van der Waals surface area contributed by atoms with Crippen LogP contribution in [0.1, 0.15) is 69.0 Å². The van der Waals surface area contributed by atoms with Crippen LogP contribution in [0, 0.1) is 0 Å². The topological polar surface area (TPSA) is 125 Å². The third-order valence-corrected chi connectivity index (χ3v) is 8.97. The number of rotatable bonds is 5. The molecule has 2 saturated heterocycles. The molecule has 3 N–H and O–H groups in total. The fraction of sp³-hybridized carbons (Fsp3) is 0.387. The van der Waals surface area contributed by atoms with E-state index in [-0.39, 0.29) is 24.1 Å². The van der Waals surface area contributed by atoms with Crippen LogP contribution in [0.2, 0.25) is 0 Å². The lowest BCUT2D eigenvalue weighted by Gasteiger charge is -2.32. The summed E-state index contributed by atoms with van der Waals surface area (Å²) in [6.07, 6.45) is 5.43. The SMILES string of the molecule is NC=CC(=S)N1CCOc2ccc(CN3CCC(c4ccc5c(c4)CN(C4CCC(=O)NC4=O)C5=O)CC3)cc2C1=O. The zero-order valence-electron chi connectivity index (χ0n) is 23.2. The molecule has 4 amide bonds. The van der Waals surface area contributed by atoms with Gasteiger partial charge in [0.15, 0.2) is 0 Å². The lowest BCUT2D eigenvalue weighted by atomic mass is 9.87. The Kier molecular flexibility index (Phi) is 7.78. The summed E-state index contributed by atoms with van der Waals surface area (Å²) < 4.78 is 5.83. The lowest BCUT2D eigenvalue weighted by molar-refractivity contribution is -0.136.